The van der Waals surface area contributed by atoms with E-state index in [1.54, 1.807) is 18.3 Å². The second-order valence-electron chi connectivity index (χ2n) is 7.70. The lowest BCUT2D eigenvalue weighted by Crippen LogP contribution is -2.27. The molecule has 162 valence electrons. The van der Waals surface area contributed by atoms with Gasteiger partial charge in [0.1, 0.15) is 24.2 Å². The minimum absolute atomic E-state index is 0.143. The summed E-state index contributed by atoms with van der Waals surface area (Å²) in [6, 6.07) is 9.23. The number of fused-ring (bicyclic) bond motifs is 1. The van der Waals surface area contributed by atoms with Crippen LogP contribution in [0.1, 0.15) is 47.4 Å². The summed E-state index contributed by atoms with van der Waals surface area (Å²) in [4.78, 5) is 25.3. The zero-order valence-corrected chi connectivity index (χ0v) is 17.7. The monoisotopic (exact) mass is 430 g/mol. The molecule has 2 N–H and O–H groups in total. The first-order valence-electron chi connectivity index (χ1n) is 10.3. The van der Waals surface area contributed by atoms with E-state index in [9.17, 15) is 4.79 Å². The Labute approximate surface area is 184 Å². The Bertz CT molecular complexity index is 1250. The molecule has 11 nitrogen and oxygen atoms in total. The average Bonchev–Trinajstić information content (AvgIpc) is 3.51. The van der Waals surface area contributed by atoms with Gasteiger partial charge in [0.15, 0.2) is 11.6 Å². The van der Waals surface area contributed by atoms with Gasteiger partial charge in [-0.1, -0.05) is 6.07 Å². The van der Waals surface area contributed by atoms with E-state index in [2.05, 4.69) is 47.8 Å². The number of hydrogen-bond acceptors (Lipinski definition) is 8. The number of benzene rings is 1. The molecule has 4 heterocycles. The van der Waals surface area contributed by atoms with Gasteiger partial charge in [-0.05, 0) is 37.6 Å². The van der Waals surface area contributed by atoms with Gasteiger partial charge in [-0.15, -0.1) is 10.2 Å². The summed E-state index contributed by atoms with van der Waals surface area (Å²) < 4.78 is 3.74. The Kier molecular flexibility index (Phi) is 5.06. The summed E-state index contributed by atoms with van der Waals surface area (Å²) in [6.07, 6.45) is 5.45. The van der Waals surface area contributed by atoms with Gasteiger partial charge in [0, 0.05) is 24.5 Å². The van der Waals surface area contributed by atoms with Gasteiger partial charge >= 0.3 is 0 Å². The van der Waals surface area contributed by atoms with Crippen molar-refractivity contribution in [1.29, 1.82) is 0 Å². The SMILES string of the molecule is CC1CC(NC(=O)c2cccc(NCc3nnc(-c4ccncn4)n3C)c2)c2ncnn21. The molecular formula is C21H22N10O. The Morgan fingerprint density at radius 1 is 1.19 bits per heavy atom. The number of amides is 1. The van der Waals surface area contributed by atoms with Gasteiger partial charge in [0.2, 0.25) is 0 Å². The van der Waals surface area contributed by atoms with Gasteiger partial charge in [-0.3, -0.25) is 4.79 Å². The number of nitrogens with zero attached hydrogens (tertiary/aromatic N) is 8. The highest BCUT2D eigenvalue weighted by Gasteiger charge is 2.31. The van der Waals surface area contributed by atoms with Gasteiger partial charge in [0.05, 0.1) is 18.6 Å². The third-order valence-corrected chi connectivity index (χ3v) is 5.56. The summed E-state index contributed by atoms with van der Waals surface area (Å²) in [7, 11) is 1.89. The van der Waals surface area contributed by atoms with Crippen LogP contribution < -0.4 is 10.6 Å². The molecule has 32 heavy (non-hydrogen) atoms. The van der Waals surface area contributed by atoms with Crippen molar-refractivity contribution in [2.45, 2.75) is 32.0 Å². The van der Waals surface area contributed by atoms with Crippen molar-refractivity contribution in [1.82, 2.24) is 44.8 Å². The second-order valence-corrected chi connectivity index (χ2v) is 7.70. The Morgan fingerprint density at radius 3 is 2.94 bits per heavy atom. The first-order chi connectivity index (χ1) is 15.6. The maximum absolute atomic E-state index is 12.8. The van der Waals surface area contributed by atoms with E-state index in [1.807, 2.05) is 34.5 Å². The lowest BCUT2D eigenvalue weighted by Gasteiger charge is -2.13. The van der Waals surface area contributed by atoms with E-state index in [0.717, 1.165) is 23.8 Å². The zero-order chi connectivity index (χ0) is 22.1. The zero-order valence-electron chi connectivity index (χ0n) is 17.7. The molecular weight excluding hydrogens is 408 g/mol. The predicted molar refractivity (Wildman–Crippen MR) is 115 cm³/mol. The summed E-state index contributed by atoms with van der Waals surface area (Å²) in [5, 5.41) is 19.1. The molecule has 0 spiro atoms. The van der Waals surface area contributed by atoms with Crippen molar-refractivity contribution in [3.63, 3.8) is 0 Å². The van der Waals surface area contributed by atoms with Gasteiger partial charge in [-0.2, -0.15) is 5.10 Å². The molecule has 2 unspecified atom stereocenters. The lowest BCUT2D eigenvalue weighted by atomic mass is 10.1. The van der Waals surface area contributed by atoms with Crippen LogP contribution >= 0.6 is 0 Å². The first kappa shape index (κ1) is 19.8. The number of rotatable bonds is 6. The molecule has 3 aromatic heterocycles. The normalized spacial score (nSPS) is 17.2. The second kappa shape index (κ2) is 8.17. The van der Waals surface area contributed by atoms with Crippen LogP contribution in [0.2, 0.25) is 0 Å². The molecule has 4 aromatic rings. The molecule has 1 aliphatic heterocycles. The highest BCUT2D eigenvalue weighted by Crippen LogP contribution is 2.31. The molecule has 1 aromatic carbocycles. The van der Waals surface area contributed by atoms with E-state index >= 15 is 0 Å². The summed E-state index contributed by atoms with van der Waals surface area (Å²) in [6.45, 7) is 2.51. The van der Waals surface area contributed by atoms with E-state index in [0.29, 0.717) is 23.6 Å². The molecule has 0 bridgehead atoms. The van der Waals surface area contributed by atoms with Crippen LogP contribution in [0, 0.1) is 0 Å². The Balaban J connectivity index is 1.25. The number of carbonyl (C=O) groups is 1. The summed E-state index contributed by atoms with van der Waals surface area (Å²) >= 11 is 0. The number of anilines is 1. The molecule has 0 aliphatic carbocycles. The van der Waals surface area contributed by atoms with Crippen LogP contribution in [-0.2, 0) is 13.6 Å². The summed E-state index contributed by atoms with van der Waals surface area (Å²) in [5.41, 5.74) is 2.09. The van der Waals surface area contributed by atoms with Crippen molar-refractivity contribution in [3.8, 4) is 11.5 Å². The third-order valence-electron chi connectivity index (χ3n) is 5.56. The predicted octanol–water partition coefficient (Wildman–Crippen LogP) is 1.91. The van der Waals surface area contributed by atoms with E-state index < -0.39 is 0 Å². The molecule has 0 saturated heterocycles. The van der Waals surface area contributed by atoms with Crippen LogP contribution in [-0.4, -0.2) is 45.4 Å². The van der Waals surface area contributed by atoms with Crippen molar-refractivity contribution < 1.29 is 4.79 Å². The van der Waals surface area contributed by atoms with Gasteiger partial charge in [-0.25, -0.2) is 19.6 Å². The Hall–Kier alpha value is -4.15. The molecule has 0 saturated carbocycles. The maximum Gasteiger partial charge on any atom is 0.251 e. The standard InChI is InChI=1S/C21H22N10O/c1-13-8-17(19-25-12-26-31(13)19)27-21(32)14-4-3-5-15(9-14)23-10-18-28-29-20(30(18)2)16-6-7-22-11-24-16/h3-7,9,11-13,17,23H,8,10H2,1-2H3,(H,27,32). The molecule has 1 amide bonds. The van der Waals surface area contributed by atoms with Gasteiger partial charge in [0.25, 0.3) is 5.91 Å². The fourth-order valence-electron chi connectivity index (χ4n) is 3.87. The quantitative estimate of drug-likeness (QED) is 0.475. The fraction of sp³-hybridized carbons (Fsp3) is 0.286. The maximum atomic E-state index is 12.8. The first-order valence-corrected chi connectivity index (χ1v) is 10.3. The molecule has 0 fully saturated rings. The van der Waals surface area contributed by atoms with Crippen molar-refractivity contribution in [2.75, 3.05) is 5.32 Å². The molecule has 2 atom stereocenters. The van der Waals surface area contributed by atoms with Crippen LogP contribution in [0.5, 0.6) is 0 Å². The minimum Gasteiger partial charge on any atom is -0.378 e. The van der Waals surface area contributed by atoms with Crippen LogP contribution in [0.3, 0.4) is 0 Å². The Morgan fingerprint density at radius 2 is 2.09 bits per heavy atom. The van der Waals surface area contributed by atoms with E-state index in [-0.39, 0.29) is 18.0 Å². The van der Waals surface area contributed by atoms with E-state index in [4.69, 9.17) is 0 Å². The van der Waals surface area contributed by atoms with E-state index in [1.165, 1.54) is 12.7 Å². The highest BCUT2D eigenvalue weighted by atomic mass is 16.1. The third kappa shape index (κ3) is 3.68. The average molecular weight is 430 g/mol. The number of hydrogen-bond donors (Lipinski definition) is 2. The number of nitrogens with one attached hydrogen (secondary N) is 2. The lowest BCUT2D eigenvalue weighted by molar-refractivity contribution is 0.0935. The molecule has 0 radical (unpaired) electrons. The molecule has 11 heteroatoms. The fourth-order valence-corrected chi connectivity index (χ4v) is 3.87. The smallest absolute Gasteiger partial charge is 0.251 e. The summed E-state index contributed by atoms with van der Waals surface area (Å²) in [5.74, 6) is 2.05. The van der Waals surface area contributed by atoms with Crippen molar-refractivity contribution in [2.24, 2.45) is 7.05 Å². The van der Waals surface area contributed by atoms with Crippen molar-refractivity contribution >= 4 is 11.6 Å². The molecule has 1 aliphatic rings. The van der Waals surface area contributed by atoms with Crippen LogP contribution in [0.25, 0.3) is 11.5 Å². The molecule has 5 rings (SSSR count). The van der Waals surface area contributed by atoms with Crippen LogP contribution in [0.15, 0.2) is 49.2 Å². The minimum atomic E-state index is -0.146. The van der Waals surface area contributed by atoms with Crippen LogP contribution in [0.4, 0.5) is 5.69 Å². The van der Waals surface area contributed by atoms with Crippen molar-refractivity contribution in [3.05, 3.63) is 66.4 Å². The number of aromatic nitrogens is 8. The highest BCUT2D eigenvalue weighted by molar-refractivity contribution is 5.95. The largest absolute Gasteiger partial charge is 0.378 e. The number of carbonyl (C=O) groups excluding carboxylic acids is 1. The topological polar surface area (TPSA) is 128 Å². The van der Waals surface area contributed by atoms with Gasteiger partial charge < -0.3 is 15.2 Å².